The first-order valence-corrected chi connectivity index (χ1v) is 5.77. The Morgan fingerprint density at radius 1 is 1.42 bits per heavy atom. The highest BCUT2D eigenvalue weighted by Crippen LogP contribution is 2.30. The van der Waals surface area contributed by atoms with Crippen molar-refractivity contribution < 1.29 is 23.1 Å². The van der Waals surface area contributed by atoms with Crippen LogP contribution in [0.3, 0.4) is 0 Å². The van der Waals surface area contributed by atoms with Gasteiger partial charge in [-0.25, -0.2) is 4.79 Å². The van der Waals surface area contributed by atoms with E-state index in [9.17, 15) is 23.1 Å². The van der Waals surface area contributed by atoms with Gasteiger partial charge < -0.3 is 15.3 Å². The van der Waals surface area contributed by atoms with Crippen LogP contribution in [0.15, 0.2) is 24.3 Å². The summed E-state index contributed by atoms with van der Waals surface area (Å²) in [5.41, 5.74) is -0.729. The van der Waals surface area contributed by atoms with Crippen molar-refractivity contribution in [1.82, 2.24) is 4.90 Å². The molecule has 1 fully saturated rings. The highest BCUT2D eigenvalue weighted by atomic mass is 19.4. The van der Waals surface area contributed by atoms with Gasteiger partial charge in [-0.2, -0.15) is 13.2 Å². The van der Waals surface area contributed by atoms with Gasteiger partial charge in [-0.3, -0.25) is 0 Å². The predicted octanol–water partition coefficient (Wildman–Crippen LogP) is 2.30. The number of urea groups is 1. The lowest BCUT2D eigenvalue weighted by atomic mass is 10.2. The molecule has 0 aromatic heterocycles. The highest BCUT2D eigenvalue weighted by molar-refractivity contribution is 5.89. The van der Waals surface area contributed by atoms with Gasteiger partial charge in [0.25, 0.3) is 0 Å². The van der Waals surface area contributed by atoms with Gasteiger partial charge in [-0.1, -0.05) is 6.07 Å². The number of nitrogens with zero attached hydrogens (tertiary/aromatic N) is 1. The number of hydrogen-bond acceptors (Lipinski definition) is 2. The predicted molar refractivity (Wildman–Crippen MR) is 62.7 cm³/mol. The summed E-state index contributed by atoms with van der Waals surface area (Å²) in [6, 6.07) is 3.94. The number of benzene rings is 1. The van der Waals surface area contributed by atoms with Crippen LogP contribution in [-0.2, 0) is 6.18 Å². The summed E-state index contributed by atoms with van der Waals surface area (Å²) in [7, 11) is 0. The molecule has 0 bridgehead atoms. The van der Waals surface area contributed by atoms with E-state index in [1.165, 1.54) is 17.0 Å². The maximum Gasteiger partial charge on any atom is 0.416 e. The van der Waals surface area contributed by atoms with Crippen molar-refractivity contribution in [3.8, 4) is 0 Å². The summed E-state index contributed by atoms with van der Waals surface area (Å²) in [4.78, 5) is 13.1. The molecule has 7 heteroatoms. The molecule has 1 heterocycles. The largest absolute Gasteiger partial charge is 0.416 e. The second kappa shape index (κ2) is 5.08. The quantitative estimate of drug-likeness (QED) is 0.825. The summed E-state index contributed by atoms with van der Waals surface area (Å²) < 4.78 is 37.5. The van der Waals surface area contributed by atoms with Crippen LogP contribution in [0.2, 0.25) is 0 Å². The lowest BCUT2D eigenvalue weighted by Gasteiger charge is -2.17. The van der Waals surface area contributed by atoms with E-state index >= 15 is 0 Å². The van der Waals surface area contributed by atoms with E-state index in [4.69, 9.17) is 0 Å². The maximum absolute atomic E-state index is 12.5. The normalized spacial score (nSPS) is 19.6. The number of rotatable bonds is 1. The summed E-state index contributed by atoms with van der Waals surface area (Å²) in [5.74, 6) is 0. The fourth-order valence-electron chi connectivity index (χ4n) is 1.90. The van der Waals surface area contributed by atoms with Gasteiger partial charge in [-0.15, -0.1) is 0 Å². The van der Waals surface area contributed by atoms with Crippen molar-refractivity contribution in [2.24, 2.45) is 0 Å². The van der Waals surface area contributed by atoms with Crippen molar-refractivity contribution in [2.75, 3.05) is 18.4 Å². The van der Waals surface area contributed by atoms with E-state index in [1.54, 1.807) is 0 Å². The molecule has 1 saturated heterocycles. The fraction of sp³-hybridized carbons (Fsp3) is 0.417. The van der Waals surface area contributed by atoms with E-state index in [0.29, 0.717) is 13.0 Å². The van der Waals surface area contributed by atoms with Crippen LogP contribution in [0.25, 0.3) is 0 Å². The van der Waals surface area contributed by atoms with Crippen LogP contribution in [0.5, 0.6) is 0 Å². The zero-order valence-corrected chi connectivity index (χ0v) is 9.94. The van der Waals surface area contributed by atoms with Gasteiger partial charge in [0.1, 0.15) is 0 Å². The smallest absolute Gasteiger partial charge is 0.391 e. The molecular formula is C12H13F3N2O2. The minimum absolute atomic E-state index is 0.0845. The van der Waals surface area contributed by atoms with E-state index in [0.717, 1.165) is 12.1 Å². The molecule has 2 rings (SSSR count). The number of hydrogen-bond donors (Lipinski definition) is 2. The minimum Gasteiger partial charge on any atom is -0.391 e. The molecule has 1 aliphatic rings. The molecule has 1 atom stereocenters. The third kappa shape index (κ3) is 3.37. The van der Waals surface area contributed by atoms with E-state index < -0.39 is 23.9 Å². The Labute approximate surface area is 107 Å². The van der Waals surface area contributed by atoms with Crippen molar-refractivity contribution in [3.05, 3.63) is 29.8 Å². The van der Waals surface area contributed by atoms with E-state index in [1.807, 2.05) is 0 Å². The van der Waals surface area contributed by atoms with Gasteiger partial charge >= 0.3 is 12.2 Å². The second-order valence-corrected chi connectivity index (χ2v) is 4.40. The molecule has 4 nitrogen and oxygen atoms in total. The van der Waals surface area contributed by atoms with E-state index in [2.05, 4.69) is 5.32 Å². The molecule has 0 unspecified atom stereocenters. The molecule has 1 aromatic carbocycles. The van der Waals surface area contributed by atoms with Gasteiger partial charge in [0.2, 0.25) is 0 Å². The van der Waals surface area contributed by atoms with Gasteiger partial charge in [-0.05, 0) is 24.6 Å². The van der Waals surface area contributed by atoms with Crippen molar-refractivity contribution in [2.45, 2.75) is 18.7 Å². The number of carbonyl (C=O) groups excluding carboxylic acids is 1. The molecular weight excluding hydrogens is 261 g/mol. The number of amides is 2. The van der Waals surface area contributed by atoms with Crippen LogP contribution in [0.1, 0.15) is 12.0 Å². The van der Waals surface area contributed by atoms with Crippen LogP contribution in [-0.4, -0.2) is 35.2 Å². The SMILES string of the molecule is O=C(Nc1cccc(C(F)(F)F)c1)N1CC[C@H](O)C1. The molecule has 104 valence electrons. The minimum atomic E-state index is -4.44. The number of alkyl halides is 3. The lowest BCUT2D eigenvalue weighted by Crippen LogP contribution is -2.33. The summed E-state index contributed by atoms with van der Waals surface area (Å²) in [6.45, 7) is 0.594. The summed E-state index contributed by atoms with van der Waals surface area (Å²) in [6.07, 6.45) is -4.52. The van der Waals surface area contributed by atoms with Crippen LogP contribution >= 0.6 is 0 Å². The highest BCUT2D eigenvalue weighted by Gasteiger charge is 2.31. The average Bonchev–Trinajstić information content (AvgIpc) is 2.75. The Hall–Kier alpha value is -1.76. The Bertz CT molecular complexity index is 476. The molecule has 0 aliphatic carbocycles. The monoisotopic (exact) mass is 274 g/mol. The average molecular weight is 274 g/mol. The first-order valence-electron chi connectivity index (χ1n) is 5.77. The molecule has 2 N–H and O–H groups in total. The zero-order valence-electron chi connectivity index (χ0n) is 9.94. The summed E-state index contributed by atoms with van der Waals surface area (Å²) in [5, 5.41) is 11.7. The standard InChI is InChI=1S/C12H13F3N2O2/c13-12(14,15)8-2-1-3-9(6-8)16-11(19)17-5-4-10(18)7-17/h1-3,6,10,18H,4-5,7H2,(H,16,19)/t10-/m0/s1. The van der Waals surface area contributed by atoms with E-state index in [-0.39, 0.29) is 12.2 Å². The van der Waals surface area contributed by atoms with Gasteiger partial charge in [0.15, 0.2) is 0 Å². The Kier molecular flexibility index (Phi) is 3.66. The zero-order chi connectivity index (χ0) is 14.0. The Morgan fingerprint density at radius 2 is 2.16 bits per heavy atom. The maximum atomic E-state index is 12.5. The molecule has 0 spiro atoms. The van der Waals surface area contributed by atoms with Crippen molar-refractivity contribution >= 4 is 11.7 Å². The number of aliphatic hydroxyl groups is 1. The second-order valence-electron chi connectivity index (χ2n) is 4.40. The molecule has 1 aliphatic heterocycles. The number of anilines is 1. The van der Waals surface area contributed by atoms with Crippen LogP contribution in [0.4, 0.5) is 23.7 Å². The number of β-amino-alcohol motifs (C(OH)–C–C–N with tert-alkyl or cyclic N) is 1. The lowest BCUT2D eigenvalue weighted by molar-refractivity contribution is -0.137. The molecule has 0 saturated carbocycles. The number of nitrogens with one attached hydrogen (secondary N) is 1. The first kappa shape index (κ1) is 13.7. The Morgan fingerprint density at radius 3 is 2.74 bits per heavy atom. The van der Waals surface area contributed by atoms with Gasteiger partial charge in [0.05, 0.1) is 11.7 Å². The molecule has 2 amide bonds. The van der Waals surface area contributed by atoms with Crippen molar-refractivity contribution in [3.63, 3.8) is 0 Å². The summed E-state index contributed by atoms with van der Waals surface area (Å²) >= 11 is 0. The third-order valence-electron chi connectivity index (χ3n) is 2.89. The molecule has 19 heavy (non-hydrogen) atoms. The number of likely N-dealkylation sites (tertiary alicyclic amines) is 1. The number of halogens is 3. The Balaban J connectivity index is 2.05. The molecule has 1 aromatic rings. The molecule has 0 radical (unpaired) electrons. The van der Waals surface area contributed by atoms with Gasteiger partial charge in [0, 0.05) is 18.8 Å². The number of carbonyl (C=O) groups is 1. The fourth-order valence-corrected chi connectivity index (χ4v) is 1.90. The topological polar surface area (TPSA) is 52.6 Å². The first-order chi connectivity index (χ1) is 8.86. The number of aliphatic hydroxyl groups excluding tert-OH is 1. The van der Waals surface area contributed by atoms with Crippen LogP contribution in [0, 0.1) is 0 Å². The van der Waals surface area contributed by atoms with Crippen LogP contribution < -0.4 is 5.32 Å². The van der Waals surface area contributed by atoms with Crippen molar-refractivity contribution in [1.29, 1.82) is 0 Å². The third-order valence-corrected chi connectivity index (χ3v) is 2.89.